The second-order valence-electron chi connectivity index (χ2n) is 5.36. The van der Waals surface area contributed by atoms with E-state index in [1.807, 2.05) is 12.1 Å². The Kier molecular flexibility index (Phi) is 3.85. The van der Waals surface area contributed by atoms with Crippen molar-refractivity contribution < 1.29 is 22.8 Å². The topological polar surface area (TPSA) is 90.4 Å². The number of aromatic nitrogens is 2. The van der Waals surface area contributed by atoms with Gasteiger partial charge in [0.05, 0.1) is 7.11 Å². The first-order valence-corrected chi connectivity index (χ1v) is 7.61. The molecule has 130 valence electrons. The van der Waals surface area contributed by atoms with Crippen LogP contribution in [0.2, 0.25) is 0 Å². The number of ether oxygens (including phenoxy) is 1. The molecule has 26 heavy (non-hydrogen) atoms. The number of nitrogens with one attached hydrogen (secondary N) is 1. The van der Waals surface area contributed by atoms with Crippen LogP contribution in [0.25, 0.3) is 22.6 Å². The minimum absolute atomic E-state index is 0.0956. The quantitative estimate of drug-likeness (QED) is 0.599. The minimum atomic E-state index is -0.494. The number of methoxy groups -OCH3 is 1. The number of para-hydroxylation sites is 1. The summed E-state index contributed by atoms with van der Waals surface area (Å²) < 4.78 is 29.3. The normalized spacial score (nSPS) is 10.8. The molecule has 4 aromatic rings. The Balaban J connectivity index is 1.58. The highest BCUT2D eigenvalue weighted by Gasteiger charge is 2.17. The number of carbonyl (C=O) groups is 1. The smallest absolute Gasteiger partial charge is 0.322 e. The van der Waals surface area contributed by atoms with Gasteiger partial charge in [0.2, 0.25) is 0 Å². The van der Waals surface area contributed by atoms with Crippen LogP contribution in [0.1, 0.15) is 10.4 Å². The molecule has 0 saturated carbocycles. The zero-order chi connectivity index (χ0) is 18.1. The van der Waals surface area contributed by atoms with Gasteiger partial charge in [-0.1, -0.05) is 17.2 Å². The van der Waals surface area contributed by atoms with E-state index < -0.39 is 11.7 Å². The largest absolute Gasteiger partial charge is 0.493 e. The average Bonchev–Trinajstić information content (AvgIpc) is 3.28. The molecule has 0 spiro atoms. The molecule has 0 bridgehead atoms. The highest BCUT2D eigenvalue weighted by Crippen LogP contribution is 2.33. The highest BCUT2D eigenvalue weighted by atomic mass is 19.1. The van der Waals surface area contributed by atoms with Gasteiger partial charge in [-0.25, -0.2) is 4.39 Å². The molecule has 0 saturated heterocycles. The number of anilines is 1. The first-order chi connectivity index (χ1) is 12.6. The van der Waals surface area contributed by atoms with Gasteiger partial charge in [0, 0.05) is 10.9 Å². The number of furan rings is 1. The fourth-order valence-electron chi connectivity index (χ4n) is 2.45. The van der Waals surface area contributed by atoms with Crippen LogP contribution in [0, 0.1) is 5.82 Å². The fourth-order valence-corrected chi connectivity index (χ4v) is 2.45. The third kappa shape index (κ3) is 2.88. The predicted molar refractivity (Wildman–Crippen MR) is 90.4 cm³/mol. The van der Waals surface area contributed by atoms with Crippen LogP contribution in [0.15, 0.2) is 57.4 Å². The number of nitrogens with zero attached hydrogens (tertiary/aromatic N) is 2. The van der Waals surface area contributed by atoms with Crippen molar-refractivity contribution in [3.8, 4) is 17.4 Å². The van der Waals surface area contributed by atoms with Gasteiger partial charge < -0.3 is 13.6 Å². The zero-order valence-electron chi connectivity index (χ0n) is 13.5. The first-order valence-electron chi connectivity index (χ1n) is 7.61. The van der Waals surface area contributed by atoms with Gasteiger partial charge in [0.15, 0.2) is 17.1 Å². The summed E-state index contributed by atoms with van der Waals surface area (Å²) in [4.78, 5) is 12.1. The molecule has 1 amide bonds. The maximum absolute atomic E-state index is 12.9. The van der Waals surface area contributed by atoms with Gasteiger partial charge in [-0.05, 0) is 36.4 Å². The summed E-state index contributed by atoms with van der Waals surface area (Å²) in [6, 6.07) is 12.2. The van der Waals surface area contributed by atoms with Gasteiger partial charge in [0.25, 0.3) is 11.8 Å². The average molecular weight is 353 g/mol. The predicted octanol–water partition coefficient (Wildman–Crippen LogP) is 3.88. The van der Waals surface area contributed by atoms with Crippen LogP contribution < -0.4 is 10.1 Å². The van der Waals surface area contributed by atoms with E-state index in [4.69, 9.17) is 13.6 Å². The molecule has 2 aromatic carbocycles. The van der Waals surface area contributed by atoms with E-state index in [1.54, 1.807) is 19.2 Å². The van der Waals surface area contributed by atoms with E-state index >= 15 is 0 Å². The van der Waals surface area contributed by atoms with Crippen molar-refractivity contribution in [2.75, 3.05) is 12.4 Å². The summed E-state index contributed by atoms with van der Waals surface area (Å²) in [7, 11) is 1.55. The second kappa shape index (κ2) is 6.32. The number of benzene rings is 2. The van der Waals surface area contributed by atoms with Gasteiger partial charge in [0.1, 0.15) is 5.82 Å². The Morgan fingerprint density at radius 3 is 2.69 bits per heavy atom. The van der Waals surface area contributed by atoms with Crippen LogP contribution in [-0.2, 0) is 0 Å². The van der Waals surface area contributed by atoms with Crippen molar-refractivity contribution in [2.45, 2.75) is 0 Å². The molecular formula is C18H12FN3O4. The van der Waals surface area contributed by atoms with Crippen molar-refractivity contribution in [1.29, 1.82) is 0 Å². The molecular weight excluding hydrogens is 341 g/mol. The van der Waals surface area contributed by atoms with E-state index in [9.17, 15) is 9.18 Å². The van der Waals surface area contributed by atoms with E-state index in [0.29, 0.717) is 17.1 Å². The Morgan fingerprint density at radius 1 is 1.12 bits per heavy atom. The van der Waals surface area contributed by atoms with Crippen LogP contribution in [0.5, 0.6) is 5.75 Å². The Morgan fingerprint density at radius 2 is 1.92 bits per heavy atom. The fraction of sp³-hybridized carbons (Fsp3) is 0.0556. The van der Waals surface area contributed by atoms with Gasteiger partial charge in [-0.15, -0.1) is 5.10 Å². The molecule has 2 heterocycles. The molecule has 0 fully saturated rings. The number of rotatable bonds is 4. The van der Waals surface area contributed by atoms with Crippen molar-refractivity contribution in [3.63, 3.8) is 0 Å². The first kappa shape index (κ1) is 15.8. The molecule has 7 nitrogen and oxygen atoms in total. The van der Waals surface area contributed by atoms with Crippen LogP contribution in [0.4, 0.5) is 10.4 Å². The lowest BCUT2D eigenvalue weighted by molar-refractivity contribution is 0.102. The Hall–Kier alpha value is -3.68. The van der Waals surface area contributed by atoms with Gasteiger partial charge in [-0.2, -0.15) is 0 Å². The molecule has 1 N–H and O–H groups in total. The monoisotopic (exact) mass is 353 g/mol. The van der Waals surface area contributed by atoms with Crippen molar-refractivity contribution in [2.24, 2.45) is 0 Å². The number of halogens is 1. The lowest BCUT2D eigenvalue weighted by Crippen LogP contribution is -2.12. The van der Waals surface area contributed by atoms with Crippen molar-refractivity contribution >= 4 is 22.9 Å². The van der Waals surface area contributed by atoms with Crippen molar-refractivity contribution in [3.05, 3.63) is 59.9 Å². The molecule has 0 unspecified atom stereocenters. The zero-order valence-corrected chi connectivity index (χ0v) is 13.5. The summed E-state index contributed by atoms with van der Waals surface area (Å²) in [6.07, 6.45) is 0. The standard InChI is InChI=1S/C18H12FN3O4/c1-24-13-4-2-3-11-9-14(25-15(11)13)17-21-22-18(26-17)20-16(23)10-5-7-12(19)8-6-10/h2-9H,1H3,(H,20,22,23). The number of hydrogen-bond acceptors (Lipinski definition) is 6. The summed E-state index contributed by atoms with van der Waals surface area (Å²) in [5.41, 5.74) is 0.819. The van der Waals surface area contributed by atoms with E-state index in [2.05, 4.69) is 15.5 Å². The number of fused-ring (bicyclic) bond motifs is 1. The Bertz CT molecular complexity index is 1090. The van der Waals surface area contributed by atoms with Crippen LogP contribution in [-0.4, -0.2) is 23.2 Å². The molecule has 4 rings (SSSR count). The van der Waals surface area contributed by atoms with Crippen LogP contribution >= 0.6 is 0 Å². The maximum Gasteiger partial charge on any atom is 0.322 e. The third-order valence-electron chi connectivity index (χ3n) is 3.69. The molecule has 2 aromatic heterocycles. The van der Waals surface area contributed by atoms with E-state index in [0.717, 1.165) is 5.39 Å². The van der Waals surface area contributed by atoms with Gasteiger partial charge >= 0.3 is 6.01 Å². The summed E-state index contributed by atoms with van der Waals surface area (Å²) in [5, 5.41) is 10.9. The molecule has 0 aliphatic carbocycles. The molecule has 8 heteroatoms. The number of amides is 1. The van der Waals surface area contributed by atoms with E-state index in [1.165, 1.54) is 24.3 Å². The SMILES string of the molecule is COc1cccc2cc(-c3nnc(NC(=O)c4ccc(F)cc4)o3)oc12. The highest BCUT2D eigenvalue weighted by molar-refractivity contribution is 6.03. The minimum Gasteiger partial charge on any atom is -0.493 e. The number of hydrogen-bond donors (Lipinski definition) is 1. The summed E-state index contributed by atoms with van der Waals surface area (Å²) in [5.74, 6) is 0.114. The lowest BCUT2D eigenvalue weighted by Gasteiger charge is -1.99. The third-order valence-corrected chi connectivity index (χ3v) is 3.69. The molecule has 0 aliphatic rings. The van der Waals surface area contributed by atoms with Crippen LogP contribution in [0.3, 0.4) is 0 Å². The molecule has 0 aliphatic heterocycles. The van der Waals surface area contributed by atoms with Gasteiger partial charge in [-0.3, -0.25) is 10.1 Å². The maximum atomic E-state index is 12.9. The second-order valence-corrected chi connectivity index (χ2v) is 5.36. The molecule has 0 radical (unpaired) electrons. The molecule has 0 atom stereocenters. The number of carbonyl (C=O) groups excluding carboxylic acids is 1. The summed E-state index contributed by atoms with van der Waals surface area (Å²) >= 11 is 0. The Labute approximate surface area is 146 Å². The van der Waals surface area contributed by atoms with Crippen molar-refractivity contribution in [1.82, 2.24) is 10.2 Å². The lowest BCUT2D eigenvalue weighted by atomic mass is 10.2. The van der Waals surface area contributed by atoms with E-state index in [-0.39, 0.29) is 17.5 Å². The summed E-state index contributed by atoms with van der Waals surface area (Å²) in [6.45, 7) is 0.